The Hall–Kier alpha value is -1.15. The van der Waals surface area contributed by atoms with Crippen molar-refractivity contribution in [3.63, 3.8) is 0 Å². The van der Waals surface area contributed by atoms with Gasteiger partial charge in [0.2, 0.25) is 15.9 Å². The highest BCUT2D eigenvalue weighted by Crippen LogP contribution is 2.23. The van der Waals surface area contributed by atoms with Gasteiger partial charge in [-0.15, -0.1) is 0 Å². The van der Waals surface area contributed by atoms with Crippen LogP contribution in [0.5, 0.6) is 0 Å². The number of likely N-dealkylation sites (N-methyl/N-ethyl adjacent to an activating group) is 1. The fourth-order valence-electron chi connectivity index (χ4n) is 3.72. The second kappa shape index (κ2) is 8.25. The standard InChI is InChI=1S/C18H26ClN3O3S/c1-20(16-4-2-3-5-16)14-18(23)21-10-12-22(13-11-21)26(24,25)17-8-6-15(19)7-9-17/h6-9,16H,2-5,10-14H2,1H3. The van der Waals surface area contributed by atoms with Gasteiger partial charge in [0, 0.05) is 37.2 Å². The molecule has 144 valence electrons. The zero-order valence-corrected chi connectivity index (χ0v) is 16.7. The van der Waals surface area contributed by atoms with E-state index >= 15 is 0 Å². The Bertz CT molecular complexity index is 725. The van der Waals surface area contributed by atoms with Gasteiger partial charge < -0.3 is 4.90 Å². The number of sulfonamides is 1. The highest BCUT2D eigenvalue weighted by atomic mass is 35.5. The first-order valence-corrected chi connectivity index (χ1v) is 10.9. The van der Waals surface area contributed by atoms with E-state index < -0.39 is 10.0 Å². The largest absolute Gasteiger partial charge is 0.339 e. The summed E-state index contributed by atoms with van der Waals surface area (Å²) in [5, 5.41) is 0.505. The molecular weight excluding hydrogens is 374 g/mol. The van der Waals surface area contributed by atoms with E-state index in [4.69, 9.17) is 11.6 Å². The molecule has 2 fully saturated rings. The summed E-state index contributed by atoms with van der Waals surface area (Å²) >= 11 is 5.83. The van der Waals surface area contributed by atoms with Gasteiger partial charge >= 0.3 is 0 Å². The third-order valence-electron chi connectivity index (χ3n) is 5.38. The number of halogens is 1. The lowest BCUT2D eigenvalue weighted by atomic mass is 10.2. The fourth-order valence-corrected chi connectivity index (χ4v) is 5.27. The Morgan fingerprint density at radius 2 is 1.69 bits per heavy atom. The van der Waals surface area contributed by atoms with Crippen molar-refractivity contribution in [2.24, 2.45) is 0 Å². The topological polar surface area (TPSA) is 60.9 Å². The van der Waals surface area contributed by atoms with Gasteiger partial charge in [-0.3, -0.25) is 9.69 Å². The number of carbonyl (C=O) groups excluding carboxylic acids is 1. The van der Waals surface area contributed by atoms with Gasteiger partial charge in [-0.1, -0.05) is 24.4 Å². The van der Waals surface area contributed by atoms with Crippen LogP contribution in [0.3, 0.4) is 0 Å². The molecule has 8 heteroatoms. The minimum Gasteiger partial charge on any atom is -0.339 e. The van der Waals surface area contributed by atoms with Crippen LogP contribution in [0.15, 0.2) is 29.2 Å². The maximum Gasteiger partial charge on any atom is 0.243 e. The molecule has 0 N–H and O–H groups in total. The molecule has 1 aliphatic carbocycles. The average molecular weight is 400 g/mol. The van der Waals surface area contributed by atoms with Crippen molar-refractivity contribution in [1.29, 1.82) is 0 Å². The van der Waals surface area contributed by atoms with E-state index in [9.17, 15) is 13.2 Å². The number of hydrogen-bond donors (Lipinski definition) is 0. The van der Waals surface area contributed by atoms with Crippen LogP contribution in [0.1, 0.15) is 25.7 Å². The number of hydrogen-bond acceptors (Lipinski definition) is 4. The molecule has 0 radical (unpaired) electrons. The molecule has 1 heterocycles. The van der Waals surface area contributed by atoms with Gasteiger partial charge in [-0.2, -0.15) is 4.31 Å². The quantitative estimate of drug-likeness (QED) is 0.760. The zero-order valence-electron chi connectivity index (χ0n) is 15.1. The van der Waals surface area contributed by atoms with Crippen molar-refractivity contribution < 1.29 is 13.2 Å². The molecule has 1 saturated heterocycles. The van der Waals surface area contributed by atoms with Crippen LogP contribution < -0.4 is 0 Å². The highest BCUT2D eigenvalue weighted by molar-refractivity contribution is 7.89. The summed E-state index contributed by atoms with van der Waals surface area (Å²) in [5.41, 5.74) is 0. The summed E-state index contributed by atoms with van der Waals surface area (Å²) in [6, 6.07) is 6.70. The summed E-state index contributed by atoms with van der Waals surface area (Å²) in [5.74, 6) is 0.0861. The maximum absolute atomic E-state index is 12.7. The number of nitrogens with zero attached hydrogens (tertiary/aromatic N) is 3. The second-order valence-electron chi connectivity index (χ2n) is 7.09. The molecule has 1 aromatic rings. The molecular formula is C18H26ClN3O3S. The Morgan fingerprint density at radius 1 is 1.12 bits per heavy atom. The number of amides is 1. The number of carbonyl (C=O) groups is 1. The van der Waals surface area contributed by atoms with E-state index in [2.05, 4.69) is 4.90 Å². The van der Waals surface area contributed by atoms with E-state index in [1.807, 2.05) is 7.05 Å². The molecule has 0 spiro atoms. The Labute approximate surface area is 160 Å². The third-order valence-corrected chi connectivity index (χ3v) is 7.54. The van der Waals surface area contributed by atoms with Gasteiger partial charge in [-0.05, 0) is 44.2 Å². The number of piperazine rings is 1. The molecule has 1 aromatic carbocycles. The van der Waals surface area contributed by atoms with Gasteiger partial charge in [-0.25, -0.2) is 8.42 Å². The monoisotopic (exact) mass is 399 g/mol. The minimum absolute atomic E-state index is 0.0861. The molecule has 3 rings (SSSR count). The third kappa shape index (κ3) is 4.39. The minimum atomic E-state index is -3.54. The first-order valence-electron chi connectivity index (χ1n) is 9.11. The van der Waals surface area contributed by atoms with Crippen molar-refractivity contribution in [2.45, 2.75) is 36.6 Å². The lowest BCUT2D eigenvalue weighted by Gasteiger charge is -2.35. The van der Waals surface area contributed by atoms with E-state index in [1.165, 1.54) is 29.3 Å². The maximum atomic E-state index is 12.7. The molecule has 0 unspecified atom stereocenters. The van der Waals surface area contributed by atoms with Gasteiger partial charge in [0.05, 0.1) is 11.4 Å². The Balaban J connectivity index is 1.54. The van der Waals surface area contributed by atoms with Crippen molar-refractivity contribution in [3.05, 3.63) is 29.3 Å². The predicted molar refractivity (Wildman–Crippen MR) is 102 cm³/mol. The summed E-state index contributed by atoms with van der Waals surface area (Å²) in [6.45, 7) is 1.93. The van der Waals surface area contributed by atoms with Crippen LogP contribution in [0, 0.1) is 0 Å². The first-order chi connectivity index (χ1) is 12.4. The molecule has 0 atom stereocenters. The molecule has 6 nitrogen and oxygen atoms in total. The predicted octanol–water partition coefficient (Wildman–Crippen LogP) is 2.05. The molecule has 1 amide bonds. The van der Waals surface area contributed by atoms with Crippen molar-refractivity contribution in [2.75, 3.05) is 39.8 Å². The molecule has 1 aliphatic heterocycles. The van der Waals surface area contributed by atoms with Gasteiger partial charge in [0.15, 0.2) is 0 Å². The zero-order chi connectivity index (χ0) is 18.7. The highest BCUT2D eigenvalue weighted by Gasteiger charge is 2.31. The fraction of sp³-hybridized carbons (Fsp3) is 0.611. The SMILES string of the molecule is CN(CC(=O)N1CCN(S(=O)(=O)c2ccc(Cl)cc2)CC1)C1CCCC1. The van der Waals surface area contributed by atoms with Crippen molar-refractivity contribution in [1.82, 2.24) is 14.1 Å². The summed E-state index contributed by atoms with van der Waals surface area (Å²) in [7, 11) is -1.53. The van der Waals surface area contributed by atoms with Crippen molar-refractivity contribution >= 4 is 27.5 Å². The summed E-state index contributed by atoms with van der Waals surface area (Å²) in [4.78, 5) is 16.7. The van der Waals surface area contributed by atoms with Crippen LogP contribution in [0.2, 0.25) is 5.02 Å². The van der Waals surface area contributed by atoms with Crippen LogP contribution in [0.25, 0.3) is 0 Å². The number of benzene rings is 1. The van der Waals surface area contributed by atoms with E-state index in [0.717, 1.165) is 12.8 Å². The van der Waals surface area contributed by atoms with E-state index in [1.54, 1.807) is 17.0 Å². The average Bonchev–Trinajstić information content (AvgIpc) is 3.17. The lowest BCUT2D eigenvalue weighted by molar-refractivity contribution is -0.133. The van der Waals surface area contributed by atoms with Gasteiger partial charge in [0.25, 0.3) is 0 Å². The lowest BCUT2D eigenvalue weighted by Crippen LogP contribution is -2.52. The normalized spacial score (nSPS) is 20.0. The van der Waals surface area contributed by atoms with E-state index in [0.29, 0.717) is 43.8 Å². The molecule has 2 aliphatic rings. The van der Waals surface area contributed by atoms with Crippen LogP contribution >= 0.6 is 11.6 Å². The van der Waals surface area contributed by atoms with Crippen LogP contribution in [-0.4, -0.2) is 74.2 Å². The van der Waals surface area contributed by atoms with Crippen LogP contribution in [0.4, 0.5) is 0 Å². The van der Waals surface area contributed by atoms with E-state index in [-0.39, 0.29) is 10.8 Å². The van der Waals surface area contributed by atoms with Crippen LogP contribution in [-0.2, 0) is 14.8 Å². The molecule has 0 aromatic heterocycles. The van der Waals surface area contributed by atoms with Gasteiger partial charge in [0.1, 0.15) is 0 Å². The smallest absolute Gasteiger partial charge is 0.243 e. The summed E-state index contributed by atoms with van der Waals surface area (Å²) < 4.78 is 26.8. The van der Waals surface area contributed by atoms with Crippen molar-refractivity contribution in [3.8, 4) is 0 Å². The second-order valence-corrected chi connectivity index (χ2v) is 9.47. The number of rotatable bonds is 5. The first kappa shape index (κ1) is 19.6. The summed E-state index contributed by atoms with van der Waals surface area (Å²) in [6.07, 6.45) is 4.81. The Morgan fingerprint density at radius 3 is 2.27 bits per heavy atom. The Kier molecular flexibility index (Phi) is 6.22. The molecule has 0 bridgehead atoms. The molecule has 1 saturated carbocycles. The molecule has 26 heavy (non-hydrogen) atoms.